The molecule has 25 heavy (non-hydrogen) atoms. The number of nitrogens with zero attached hydrogens (tertiary/aromatic N) is 2. The number of aryl methyl sites for hydroxylation is 1. The van der Waals surface area contributed by atoms with Gasteiger partial charge in [0.05, 0.1) is 12.1 Å². The molecule has 1 aromatic carbocycles. The van der Waals surface area contributed by atoms with E-state index in [0.29, 0.717) is 17.2 Å². The number of hydrogen-bond donors (Lipinski definition) is 3. The van der Waals surface area contributed by atoms with Gasteiger partial charge < -0.3 is 5.11 Å². The zero-order valence-corrected chi connectivity index (χ0v) is 13.7. The molecular formula is C18H18N4O3. The second-order valence-corrected chi connectivity index (χ2v) is 5.27. The number of carbonyl (C=O) groups is 2. The molecule has 0 saturated heterocycles. The van der Waals surface area contributed by atoms with Crippen LogP contribution >= 0.6 is 0 Å². The molecule has 7 nitrogen and oxygen atoms in total. The van der Waals surface area contributed by atoms with Crippen molar-refractivity contribution in [3.63, 3.8) is 0 Å². The average Bonchev–Trinajstić information content (AvgIpc) is 2.60. The highest BCUT2D eigenvalue weighted by molar-refractivity contribution is 6.00. The predicted molar refractivity (Wildman–Crippen MR) is 94.3 cm³/mol. The first-order valence-corrected chi connectivity index (χ1v) is 7.48. The number of hydrogen-bond acceptors (Lipinski definition) is 4. The second-order valence-electron chi connectivity index (χ2n) is 5.27. The summed E-state index contributed by atoms with van der Waals surface area (Å²) in [6.07, 6.45) is 1.28. The minimum atomic E-state index is -1.21. The molecule has 0 bridgehead atoms. The van der Waals surface area contributed by atoms with Crippen LogP contribution in [0.1, 0.15) is 17.7 Å². The lowest BCUT2D eigenvalue weighted by Crippen LogP contribution is -2.42. The summed E-state index contributed by atoms with van der Waals surface area (Å²) in [7, 11) is 0. The number of aromatic nitrogens is 1. The Labute approximate surface area is 145 Å². The summed E-state index contributed by atoms with van der Waals surface area (Å²) in [5.41, 5.74) is 7.23. The van der Waals surface area contributed by atoms with Crippen LogP contribution in [0.3, 0.4) is 0 Å². The molecule has 1 amide bonds. The van der Waals surface area contributed by atoms with Gasteiger partial charge in [-0.25, -0.2) is 9.79 Å². The van der Waals surface area contributed by atoms with E-state index in [2.05, 4.69) is 27.4 Å². The molecule has 1 heterocycles. The highest BCUT2D eigenvalue weighted by Crippen LogP contribution is 2.13. The first kappa shape index (κ1) is 17.9. The number of carbonyl (C=O) groups excluding carboxylic acids is 1. The van der Waals surface area contributed by atoms with E-state index in [9.17, 15) is 9.59 Å². The number of amides is 1. The van der Waals surface area contributed by atoms with Gasteiger partial charge in [0.2, 0.25) is 5.91 Å². The molecule has 1 aromatic heterocycles. The van der Waals surface area contributed by atoms with Gasteiger partial charge in [-0.15, -0.1) is 0 Å². The number of rotatable bonds is 5. The molecule has 3 N–H and O–H groups in total. The summed E-state index contributed by atoms with van der Waals surface area (Å²) >= 11 is 0. The molecule has 0 saturated carbocycles. The van der Waals surface area contributed by atoms with E-state index < -0.39 is 11.9 Å². The van der Waals surface area contributed by atoms with Gasteiger partial charge in [-0.1, -0.05) is 30.3 Å². The maximum absolute atomic E-state index is 11.8. The molecule has 0 aliphatic carbocycles. The predicted octanol–water partition coefficient (Wildman–Crippen LogP) is 2.12. The summed E-state index contributed by atoms with van der Waals surface area (Å²) in [5.74, 6) is -1.42. The maximum Gasteiger partial charge on any atom is 0.331 e. The molecule has 0 aliphatic rings. The number of amidine groups is 1. The van der Waals surface area contributed by atoms with Crippen molar-refractivity contribution in [2.24, 2.45) is 4.99 Å². The Morgan fingerprint density at radius 2 is 1.88 bits per heavy atom. The van der Waals surface area contributed by atoms with Crippen molar-refractivity contribution >= 4 is 23.4 Å². The SMILES string of the molecule is C=C(CC(=O)NNC(=Nc1ccc(C)cc1)c1ccccn1)C(=O)O. The third-order valence-electron chi connectivity index (χ3n) is 3.18. The Morgan fingerprint density at radius 1 is 1.16 bits per heavy atom. The van der Waals surface area contributed by atoms with Gasteiger partial charge >= 0.3 is 5.97 Å². The van der Waals surface area contributed by atoms with Gasteiger partial charge in [0.15, 0.2) is 5.84 Å². The van der Waals surface area contributed by atoms with Crippen molar-refractivity contribution in [1.29, 1.82) is 0 Å². The number of nitrogens with one attached hydrogen (secondary N) is 2. The van der Waals surface area contributed by atoms with E-state index in [-0.39, 0.29) is 12.0 Å². The smallest absolute Gasteiger partial charge is 0.331 e. The van der Waals surface area contributed by atoms with E-state index in [0.717, 1.165) is 5.56 Å². The molecule has 0 spiro atoms. The Balaban J connectivity index is 2.16. The van der Waals surface area contributed by atoms with Crippen LogP contribution in [0.4, 0.5) is 5.69 Å². The Bertz CT molecular complexity index is 799. The molecular weight excluding hydrogens is 320 g/mol. The number of aliphatic imine (C=N–C) groups is 1. The van der Waals surface area contributed by atoms with Crippen LogP contribution in [0, 0.1) is 6.92 Å². The zero-order valence-electron chi connectivity index (χ0n) is 13.7. The van der Waals surface area contributed by atoms with Crippen LogP contribution in [0.2, 0.25) is 0 Å². The van der Waals surface area contributed by atoms with Crippen molar-refractivity contribution in [2.45, 2.75) is 13.3 Å². The molecule has 128 valence electrons. The summed E-state index contributed by atoms with van der Waals surface area (Å²) < 4.78 is 0. The quantitative estimate of drug-likeness (QED) is 0.335. The fourth-order valence-electron chi connectivity index (χ4n) is 1.84. The number of aliphatic carboxylic acids is 1. The van der Waals surface area contributed by atoms with Gasteiger partial charge in [0.25, 0.3) is 0 Å². The summed E-state index contributed by atoms with van der Waals surface area (Å²) in [6, 6.07) is 12.8. The van der Waals surface area contributed by atoms with E-state index >= 15 is 0 Å². The maximum atomic E-state index is 11.8. The number of pyridine rings is 1. The van der Waals surface area contributed by atoms with E-state index in [4.69, 9.17) is 5.11 Å². The van der Waals surface area contributed by atoms with Crippen molar-refractivity contribution in [3.05, 3.63) is 72.1 Å². The van der Waals surface area contributed by atoms with Crippen molar-refractivity contribution in [1.82, 2.24) is 15.8 Å². The van der Waals surface area contributed by atoms with E-state index in [1.807, 2.05) is 31.2 Å². The lowest BCUT2D eigenvalue weighted by molar-refractivity contribution is -0.134. The van der Waals surface area contributed by atoms with Crippen LogP contribution < -0.4 is 10.9 Å². The van der Waals surface area contributed by atoms with Crippen LogP contribution in [-0.2, 0) is 9.59 Å². The van der Waals surface area contributed by atoms with E-state index in [1.54, 1.807) is 24.4 Å². The van der Waals surface area contributed by atoms with Gasteiger partial charge in [-0.2, -0.15) is 0 Å². The minimum Gasteiger partial charge on any atom is -0.478 e. The van der Waals surface area contributed by atoms with Gasteiger partial charge in [-0.3, -0.25) is 20.6 Å². The minimum absolute atomic E-state index is 0.200. The standard InChI is InChI=1S/C18H18N4O3/c1-12-6-8-14(9-7-12)20-17(15-5-3-4-10-19-15)22-21-16(23)11-13(2)18(24)25/h3-10H,2,11H2,1H3,(H,20,22)(H,21,23)(H,24,25). The fraction of sp³-hybridized carbons (Fsp3) is 0.111. The first-order valence-electron chi connectivity index (χ1n) is 7.48. The topological polar surface area (TPSA) is 104 Å². The summed E-state index contributed by atoms with van der Waals surface area (Å²) in [4.78, 5) is 31.2. The van der Waals surface area contributed by atoms with Gasteiger partial charge in [0, 0.05) is 11.8 Å². The lowest BCUT2D eigenvalue weighted by atomic mass is 10.2. The number of carboxylic acids is 1. The van der Waals surface area contributed by atoms with Crippen LogP contribution in [0.5, 0.6) is 0 Å². The number of benzene rings is 1. The Morgan fingerprint density at radius 3 is 2.48 bits per heavy atom. The Kier molecular flexibility index (Phi) is 6.00. The van der Waals surface area contributed by atoms with Gasteiger partial charge in [0.1, 0.15) is 5.69 Å². The molecule has 0 unspecified atom stereocenters. The van der Waals surface area contributed by atoms with Crippen molar-refractivity contribution < 1.29 is 14.7 Å². The molecule has 0 atom stereocenters. The highest BCUT2D eigenvalue weighted by atomic mass is 16.4. The third-order valence-corrected chi connectivity index (χ3v) is 3.18. The lowest BCUT2D eigenvalue weighted by Gasteiger charge is -2.11. The summed E-state index contributed by atoms with van der Waals surface area (Å²) in [6.45, 7) is 5.30. The number of hydrazine groups is 1. The summed E-state index contributed by atoms with van der Waals surface area (Å²) in [5, 5.41) is 8.77. The molecule has 0 fully saturated rings. The van der Waals surface area contributed by atoms with Gasteiger partial charge in [-0.05, 0) is 31.2 Å². The number of carboxylic acid groups (broad SMARTS) is 1. The largest absolute Gasteiger partial charge is 0.478 e. The average molecular weight is 338 g/mol. The van der Waals surface area contributed by atoms with Crippen LogP contribution in [-0.4, -0.2) is 27.8 Å². The first-order chi connectivity index (χ1) is 12.0. The normalized spacial score (nSPS) is 10.8. The van der Waals surface area contributed by atoms with Crippen molar-refractivity contribution in [2.75, 3.05) is 0 Å². The van der Waals surface area contributed by atoms with Crippen LogP contribution in [0.25, 0.3) is 0 Å². The van der Waals surface area contributed by atoms with Crippen molar-refractivity contribution in [3.8, 4) is 0 Å². The zero-order chi connectivity index (χ0) is 18.2. The molecule has 7 heteroatoms. The molecule has 2 rings (SSSR count). The fourth-order valence-corrected chi connectivity index (χ4v) is 1.84. The monoisotopic (exact) mass is 338 g/mol. The molecule has 0 aliphatic heterocycles. The highest BCUT2D eigenvalue weighted by Gasteiger charge is 2.11. The molecule has 2 aromatic rings. The Hall–Kier alpha value is -3.48. The third kappa shape index (κ3) is 5.58. The molecule has 0 radical (unpaired) electrons. The van der Waals surface area contributed by atoms with Crippen LogP contribution in [0.15, 0.2) is 65.8 Å². The second kappa shape index (κ2) is 8.39. The van der Waals surface area contributed by atoms with E-state index in [1.165, 1.54) is 0 Å².